The first kappa shape index (κ1) is 13.5. The van der Waals surface area contributed by atoms with Gasteiger partial charge in [0.2, 0.25) is 0 Å². The van der Waals surface area contributed by atoms with E-state index in [2.05, 4.69) is 13.2 Å². The largest absolute Gasteiger partial charge is 0.462 e. The maximum absolute atomic E-state index is 11.2. The molecule has 0 spiro atoms. The summed E-state index contributed by atoms with van der Waals surface area (Å²) in [4.78, 5) is 22.4. The highest BCUT2D eigenvalue weighted by Crippen LogP contribution is 2.46. The molecule has 1 aliphatic rings. The number of ether oxygens (including phenoxy) is 2. The summed E-state index contributed by atoms with van der Waals surface area (Å²) in [6.07, 6.45) is 1.81. The zero-order valence-electron chi connectivity index (χ0n) is 10.4. The van der Waals surface area contributed by atoms with Gasteiger partial charge in [0.1, 0.15) is 13.2 Å². The van der Waals surface area contributed by atoms with E-state index in [9.17, 15) is 9.59 Å². The summed E-state index contributed by atoms with van der Waals surface area (Å²) in [6, 6.07) is 0. The van der Waals surface area contributed by atoms with Crippen LogP contribution in [0.4, 0.5) is 0 Å². The smallest absolute Gasteiger partial charge is 0.333 e. The number of rotatable bonds is 6. The minimum Gasteiger partial charge on any atom is -0.462 e. The highest BCUT2D eigenvalue weighted by Gasteiger charge is 2.45. The van der Waals surface area contributed by atoms with Gasteiger partial charge in [0.05, 0.1) is 0 Å². The van der Waals surface area contributed by atoms with Crippen LogP contribution in [0.3, 0.4) is 0 Å². The van der Waals surface area contributed by atoms with E-state index >= 15 is 0 Å². The van der Waals surface area contributed by atoms with Gasteiger partial charge in [0, 0.05) is 16.6 Å². The Labute approximate surface area is 101 Å². The number of carbonyl (C=O) groups is 2. The van der Waals surface area contributed by atoms with E-state index < -0.39 is 11.9 Å². The molecule has 4 nitrogen and oxygen atoms in total. The molecule has 1 rings (SSSR count). The summed E-state index contributed by atoms with van der Waals surface area (Å²) < 4.78 is 10.1. The minimum atomic E-state index is -0.400. The molecule has 17 heavy (non-hydrogen) atoms. The predicted octanol–water partition coefficient (Wildman–Crippen LogP) is 2.01. The van der Waals surface area contributed by atoms with Crippen molar-refractivity contribution >= 4 is 11.9 Å². The minimum absolute atomic E-state index is 0.184. The number of hydrogen-bond acceptors (Lipinski definition) is 4. The molecule has 0 bridgehead atoms. The van der Waals surface area contributed by atoms with Crippen LogP contribution in [0.1, 0.15) is 26.7 Å². The maximum Gasteiger partial charge on any atom is 0.333 e. The average molecular weight is 238 g/mol. The van der Waals surface area contributed by atoms with Crippen molar-refractivity contribution in [1.82, 2.24) is 0 Å². The Morgan fingerprint density at radius 2 is 1.35 bits per heavy atom. The van der Waals surface area contributed by atoms with Crippen molar-refractivity contribution in [3.05, 3.63) is 24.3 Å². The van der Waals surface area contributed by atoms with Crippen molar-refractivity contribution in [2.75, 3.05) is 13.2 Å². The average Bonchev–Trinajstić information content (AvgIpc) is 3.03. The third-order valence-corrected chi connectivity index (χ3v) is 2.67. The quantitative estimate of drug-likeness (QED) is 0.524. The van der Waals surface area contributed by atoms with Gasteiger partial charge < -0.3 is 9.47 Å². The van der Waals surface area contributed by atoms with Gasteiger partial charge in [-0.2, -0.15) is 0 Å². The summed E-state index contributed by atoms with van der Waals surface area (Å²) >= 11 is 0. The van der Waals surface area contributed by atoms with Crippen LogP contribution in [-0.2, 0) is 19.1 Å². The summed E-state index contributed by atoms with van der Waals surface area (Å²) in [5.74, 6) is -0.801. The zero-order valence-corrected chi connectivity index (χ0v) is 10.4. The first-order valence-corrected chi connectivity index (χ1v) is 5.52. The fourth-order valence-electron chi connectivity index (χ4n) is 1.19. The second-order valence-electron chi connectivity index (χ2n) is 4.71. The maximum atomic E-state index is 11.2. The SMILES string of the molecule is C=C(C)C(=O)OCC1(COC(=O)C(=C)C)CC1. The van der Waals surface area contributed by atoms with Crippen molar-refractivity contribution in [3.63, 3.8) is 0 Å². The highest BCUT2D eigenvalue weighted by molar-refractivity contribution is 5.87. The molecule has 1 aliphatic carbocycles. The molecule has 0 aromatic rings. The molecule has 0 N–H and O–H groups in total. The van der Waals surface area contributed by atoms with Crippen LogP contribution in [0.15, 0.2) is 24.3 Å². The van der Waals surface area contributed by atoms with Gasteiger partial charge in [0.15, 0.2) is 0 Å². The molecule has 0 saturated heterocycles. The fraction of sp³-hybridized carbons (Fsp3) is 0.538. The molecule has 0 heterocycles. The van der Waals surface area contributed by atoms with Gasteiger partial charge in [-0.3, -0.25) is 0 Å². The third-order valence-electron chi connectivity index (χ3n) is 2.67. The summed E-state index contributed by atoms with van der Waals surface area (Å²) in [5, 5.41) is 0. The van der Waals surface area contributed by atoms with Crippen molar-refractivity contribution < 1.29 is 19.1 Å². The zero-order chi connectivity index (χ0) is 13.1. The summed E-state index contributed by atoms with van der Waals surface area (Å²) in [6.45, 7) is 10.8. The monoisotopic (exact) mass is 238 g/mol. The van der Waals surface area contributed by atoms with Gasteiger partial charge in [-0.05, 0) is 26.7 Å². The number of carbonyl (C=O) groups excluding carboxylic acids is 2. The van der Waals surface area contributed by atoms with Gasteiger partial charge in [-0.15, -0.1) is 0 Å². The van der Waals surface area contributed by atoms with Crippen LogP contribution in [0.2, 0.25) is 0 Å². The first-order chi connectivity index (χ1) is 7.86. The van der Waals surface area contributed by atoms with E-state index in [0.717, 1.165) is 12.8 Å². The van der Waals surface area contributed by atoms with Gasteiger partial charge in [-0.25, -0.2) is 9.59 Å². The molecule has 0 aromatic heterocycles. The number of hydrogen-bond donors (Lipinski definition) is 0. The molecule has 0 aromatic carbocycles. The lowest BCUT2D eigenvalue weighted by Crippen LogP contribution is -2.22. The van der Waals surface area contributed by atoms with Crippen LogP contribution < -0.4 is 0 Å². The van der Waals surface area contributed by atoms with Crippen molar-refractivity contribution in [2.24, 2.45) is 5.41 Å². The standard InChI is InChI=1S/C13H18O4/c1-9(2)11(14)16-7-13(5-6-13)8-17-12(15)10(3)4/h1,3,5-8H2,2,4H3. The summed E-state index contributed by atoms with van der Waals surface area (Å²) in [5.41, 5.74) is 0.565. The lowest BCUT2D eigenvalue weighted by atomic mass is 10.1. The molecule has 0 radical (unpaired) electrons. The fourth-order valence-corrected chi connectivity index (χ4v) is 1.19. The Morgan fingerprint density at radius 3 is 1.59 bits per heavy atom. The van der Waals surface area contributed by atoms with Crippen LogP contribution >= 0.6 is 0 Å². The van der Waals surface area contributed by atoms with Gasteiger partial charge >= 0.3 is 11.9 Å². The molecule has 4 heteroatoms. The van der Waals surface area contributed by atoms with E-state index in [-0.39, 0.29) is 18.6 Å². The molecule has 1 fully saturated rings. The first-order valence-electron chi connectivity index (χ1n) is 5.52. The molecule has 0 amide bonds. The van der Waals surface area contributed by atoms with E-state index in [1.165, 1.54) is 0 Å². The Morgan fingerprint density at radius 1 is 1.00 bits per heavy atom. The lowest BCUT2D eigenvalue weighted by molar-refractivity contribution is -0.145. The highest BCUT2D eigenvalue weighted by atomic mass is 16.5. The molecule has 0 atom stereocenters. The lowest BCUT2D eigenvalue weighted by Gasteiger charge is -2.15. The topological polar surface area (TPSA) is 52.6 Å². The van der Waals surface area contributed by atoms with Gasteiger partial charge in [-0.1, -0.05) is 13.2 Å². The van der Waals surface area contributed by atoms with Crippen LogP contribution in [0.5, 0.6) is 0 Å². The van der Waals surface area contributed by atoms with E-state index in [4.69, 9.17) is 9.47 Å². The second kappa shape index (κ2) is 5.17. The Bertz CT molecular complexity index is 332. The van der Waals surface area contributed by atoms with Crippen LogP contribution in [-0.4, -0.2) is 25.2 Å². The predicted molar refractivity (Wildman–Crippen MR) is 63.2 cm³/mol. The summed E-state index contributed by atoms with van der Waals surface area (Å²) in [7, 11) is 0. The second-order valence-corrected chi connectivity index (χ2v) is 4.71. The van der Waals surface area contributed by atoms with Crippen molar-refractivity contribution in [3.8, 4) is 0 Å². The Balaban J connectivity index is 2.33. The molecule has 0 aliphatic heterocycles. The van der Waals surface area contributed by atoms with Gasteiger partial charge in [0.25, 0.3) is 0 Å². The van der Waals surface area contributed by atoms with Crippen molar-refractivity contribution in [2.45, 2.75) is 26.7 Å². The van der Waals surface area contributed by atoms with Crippen molar-refractivity contribution in [1.29, 1.82) is 0 Å². The van der Waals surface area contributed by atoms with Crippen LogP contribution in [0.25, 0.3) is 0 Å². The molecular weight excluding hydrogens is 220 g/mol. The molecular formula is C13H18O4. The molecule has 0 unspecified atom stereocenters. The Hall–Kier alpha value is -1.58. The number of esters is 2. The van der Waals surface area contributed by atoms with E-state index in [1.807, 2.05) is 0 Å². The Kier molecular flexibility index (Phi) is 4.10. The molecule has 94 valence electrons. The van der Waals surface area contributed by atoms with E-state index in [1.54, 1.807) is 13.8 Å². The van der Waals surface area contributed by atoms with E-state index in [0.29, 0.717) is 11.1 Å². The van der Waals surface area contributed by atoms with Crippen LogP contribution in [0, 0.1) is 5.41 Å². The molecule has 1 saturated carbocycles. The normalized spacial score (nSPS) is 15.9. The third kappa shape index (κ3) is 4.06.